The molecule has 3 aliphatic rings. The lowest BCUT2D eigenvalue weighted by molar-refractivity contribution is 0.394. The lowest BCUT2D eigenvalue weighted by Gasteiger charge is -2.35. The van der Waals surface area contributed by atoms with Crippen LogP contribution in [0.5, 0.6) is 0 Å². The largest absolute Gasteiger partial charge is 0.197 e. The summed E-state index contributed by atoms with van der Waals surface area (Å²) < 4.78 is 0. The number of unbranched alkanes of at least 4 members (excludes halogenated alkanes) is 36. The van der Waals surface area contributed by atoms with Gasteiger partial charge >= 0.3 is 0 Å². The van der Waals surface area contributed by atoms with Gasteiger partial charge in [-0.25, -0.2) is 0 Å². The van der Waals surface area contributed by atoms with Gasteiger partial charge in [-0.3, -0.25) is 0 Å². The molecule has 3 atom stereocenters. The van der Waals surface area contributed by atoms with Crippen molar-refractivity contribution in [1.82, 2.24) is 0 Å². The van der Waals surface area contributed by atoms with E-state index >= 15 is 0 Å². The molecule has 1 heteroatoms. The molecule has 0 radical (unpaired) electrons. The molecule has 0 heterocycles. The van der Waals surface area contributed by atoms with Gasteiger partial charge in [-0.1, -0.05) is 392 Å². The normalized spacial score (nSPS) is 16.3. The maximum atomic E-state index is 12.4. The summed E-state index contributed by atoms with van der Waals surface area (Å²) in [5, 5.41) is 12.4. The minimum absolute atomic E-state index is 0.566. The first-order valence-corrected chi connectivity index (χ1v) is 36.6. The highest BCUT2D eigenvalue weighted by atomic mass is 14.5. The molecule has 0 amide bonds. The molecular weight excluding hydrogens is 951 g/mol. The van der Waals surface area contributed by atoms with E-state index in [4.69, 9.17) is 0 Å². The molecule has 0 N–H and O–H groups in total. The quantitative estimate of drug-likeness (QED) is 0.0557. The molecule has 1 nitrogen and oxygen atoms in total. The lowest BCUT2D eigenvalue weighted by Crippen LogP contribution is -2.27. The molecule has 0 spiro atoms. The van der Waals surface area contributed by atoms with Crippen molar-refractivity contribution in [3.63, 3.8) is 0 Å². The number of nitrogens with zero attached hydrogens (tertiary/aromatic N) is 1. The molecule has 0 aliphatic heterocycles. The highest BCUT2D eigenvalue weighted by molar-refractivity contribution is 5.55. The third-order valence-electron chi connectivity index (χ3n) is 19.7. The standard InChI is InChI=1S/C78H137N/c1-7-13-19-25-31-34-40-46-53-69(52-43-37-28-22-16-10-4)64-72-58-49-61-75(72)67-78(68-79,76-62-50-59-73(76)65-70(54-44-38-29-23-17-11-5)56-47-41-35-32-26-20-14-8-2)77-63-51-60-74(77)66-71(55-45-39-30-24-18-12-6)57-48-42-36-33-27-21-15-9-3/h49-51,58-60,69-71H,7-48,52-57,61-67H2,1-6H3. The van der Waals surface area contributed by atoms with E-state index in [1.165, 1.54) is 339 Å². The van der Waals surface area contributed by atoms with Gasteiger partial charge in [-0.15, -0.1) is 0 Å². The second kappa shape index (κ2) is 49.4. The van der Waals surface area contributed by atoms with Crippen LogP contribution < -0.4 is 0 Å². The topological polar surface area (TPSA) is 23.8 Å². The maximum absolute atomic E-state index is 12.4. The van der Waals surface area contributed by atoms with Crippen molar-refractivity contribution in [1.29, 1.82) is 5.26 Å². The summed E-state index contributed by atoms with van der Waals surface area (Å²) in [6.07, 6.45) is 89.3. The van der Waals surface area contributed by atoms with Crippen molar-refractivity contribution in [2.24, 2.45) is 23.2 Å². The average molecular weight is 1090 g/mol. The van der Waals surface area contributed by atoms with E-state index in [0.29, 0.717) is 0 Å². The van der Waals surface area contributed by atoms with Gasteiger partial charge in [0.25, 0.3) is 0 Å². The molecule has 79 heavy (non-hydrogen) atoms. The first-order valence-electron chi connectivity index (χ1n) is 36.6. The third kappa shape index (κ3) is 32.0. The molecule has 454 valence electrons. The highest BCUT2D eigenvalue weighted by Gasteiger charge is 2.43. The van der Waals surface area contributed by atoms with Gasteiger partial charge in [0, 0.05) is 0 Å². The van der Waals surface area contributed by atoms with E-state index < -0.39 is 5.41 Å². The minimum atomic E-state index is -0.566. The molecule has 0 bridgehead atoms. The Labute approximate surface area is 496 Å². The monoisotopic (exact) mass is 1090 g/mol. The molecular formula is C78H137N. The van der Waals surface area contributed by atoms with E-state index in [1.54, 1.807) is 22.3 Å². The van der Waals surface area contributed by atoms with E-state index in [0.717, 1.165) is 43.4 Å². The first-order chi connectivity index (χ1) is 39.0. The Balaban J connectivity index is 2.05. The van der Waals surface area contributed by atoms with Gasteiger partial charge in [0.1, 0.15) is 5.41 Å². The maximum Gasteiger partial charge on any atom is 0.105 e. The summed E-state index contributed by atoms with van der Waals surface area (Å²) in [6.45, 7) is 14.1. The summed E-state index contributed by atoms with van der Waals surface area (Å²) in [7, 11) is 0. The van der Waals surface area contributed by atoms with Crippen LogP contribution in [0.4, 0.5) is 0 Å². The van der Waals surface area contributed by atoms with Crippen molar-refractivity contribution >= 4 is 0 Å². The van der Waals surface area contributed by atoms with E-state index in [1.807, 2.05) is 0 Å². The molecule has 0 saturated heterocycles. The average Bonchev–Trinajstić information content (AvgIpc) is 4.43. The molecule has 3 unspecified atom stereocenters. The Morgan fingerprint density at radius 3 is 0.810 bits per heavy atom. The predicted molar refractivity (Wildman–Crippen MR) is 355 cm³/mol. The van der Waals surface area contributed by atoms with Crippen LogP contribution in [0.25, 0.3) is 0 Å². The van der Waals surface area contributed by atoms with Crippen molar-refractivity contribution in [2.45, 2.75) is 395 Å². The Bertz CT molecular complexity index is 1610. The molecule has 0 fully saturated rings. The number of allylic oxidation sites excluding steroid dienone is 12. The lowest BCUT2D eigenvalue weighted by atomic mass is 9.65. The fourth-order valence-electron chi connectivity index (χ4n) is 14.6. The molecule has 0 aromatic carbocycles. The zero-order valence-electron chi connectivity index (χ0n) is 54.5. The van der Waals surface area contributed by atoms with E-state index in [-0.39, 0.29) is 0 Å². The first kappa shape index (κ1) is 71.2. The van der Waals surface area contributed by atoms with E-state index in [2.05, 4.69) is 84.1 Å². The van der Waals surface area contributed by atoms with Gasteiger partial charge in [0.2, 0.25) is 0 Å². The second-order valence-electron chi connectivity index (χ2n) is 26.8. The number of nitriles is 1. The van der Waals surface area contributed by atoms with Gasteiger partial charge in [-0.2, -0.15) is 5.26 Å². The predicted octanol–water partition coefficient (Wildman–Crippen LogP) is 27.5. The van der Waals surface area contributed by atoms with Crippen LogP contribution in [0.15, 0.2) is 69.9 Å². The van der Waals surface area contributed by atoms with Gasteiger partial charge in [-0.05, 0) is 90.6 Å². The molecule has 3 rings (SSSR count). The van der Waals surface area contributed by atoms with Crippen molar-refractivity contribution in [3.8, 4) is 6.07 Å². The molecule has 0 aromatic rings. The third-order valence-corrected chi connectivity index (χ3v) is 19.7. The molecule has 3 aliphatic carbocycles. The van der Waals surface area contributed by atoms with Crippen LogP contribution in [0, 0.1) is 34.5 Å². The molecule has 0 aromatic heterocycles. The highest BCUT2D eigenvalue weighted by Crippen LogP contribution is 2.54. The van der Waals surface area contributed by atoms with Crippen LogP contribution in [0.1, 0.15) is 395 Å². The van der Waals surface area contributed by atoms with Gasteiger partial charge in [0.05, 0.1) is 6.07 Å². The number of hydrogen-bond acceptors (Lipinski definition) is 1. The summed E-state index contributed by atoms with van der Waals surface area (Å²) in [5.41, 5.74) is 8.86. The van der Waals surface area contributed by atoms with Crippen LogP contribution in [-0.4, -0.2) is 0 Å². The number of rotatable bonds is 58. The van der Waals surface area contributed by atoms with Crippen LogP contribution in [-0.2, 0) is 0 Å². The zero-order valence-corrected chi connectivity index (χ0v) is 54.5. The van der Waals surface area contributed by atoms with Crippen molar-refractivity contribution in [2.75, 3.05) is 0 Å². The summed E-state index contributed by atoms with van der Waals surface area (Å²) in [5.74, 6) is 2.21. The Kier molecular flexibility index (Phi) is 44.5. The fraction of sp³-hybridized carbons (Fsp3) is 0.833. The summed E-state index contributed by atoms with van der Waals surface area (Å²) >= 11 is 0. The van der Waals surface area contributed by atoms with Crippen molar-refractivity contribution in [3.05, 3.63) is 69.9 Å². The zero-order chi connectivity index (χ0) is 56.5. The van der Waals surface area contributed by atoms with Gasteiger partial charge < -0.3 is 0 Å². The summed E-state index contributed by atoms with van der Waals surface area (Å²) in [6, 6.07) is 3.38. The fourth-order valence-corrected chi connectivity index (χ4v) is 14.6. The number of hydrogen-bond donors (Lipinski definition) is 0. The Morgan fingerprint density at radius 1 is 0.316 bits per heavy atom. The van der Waals surface area contributed by atoms with Gasteiger partial charge in [0.15, 0.2) is 0 Å². The van der Waals surface area contributed by atoms with Crippen molar-refractivity contribution < 1.29 is 0 Å². The smallest absolute Gasteiger partial charge is 0.105 e. The minimum Gasteiger partial charge on any atom is -0.197 e. The Morgan fingerprint density at radius 2 is 0.544 bits per heavy atom. The second-order valence-corrected chi connectivity index (χ2v) is 26.8. The summed E-state index contributed by atoms with van der Waals surface area (Å²) in [4.78, 5) is 0. The van der Waals surface area contributed by atoms with E-state index in [9.17, 15) is 5.26 Å². The Hall–Kier alpha value is -2.07. The molecule has 0 saturated carbocycles. The van der Waals surface area contributed by atoms with Crippen LogP contribution in [0.2, 0.25) is 0 Å². The SMILES string of the molecule is CCCCCCCCCCC(CCCCCCCC)CC1=C(CC(C#N)(C2=C(CC(CCCCCCCC)CCCCCCCCCC)C=CC2)C2=C(CC(CCCCCCCC)CCCCCCCCCC)C=CC2)CC=C1. The van der Waals surface area contributed by atoms with Crippen LogP contribution in [0.3, 0.4) is 0 Å². The van der Waals surface area contributed by atoms with Crippen LogP contribution >= 0.6 is 0 Å².